The molecule has 1 aliphatic heterocycles. The number of aliphatic imine (C=N–C) groups is 1. The van der Waals surface area contributed by atoms with Crippen molar-refractivity contribution in [2.24, 2.45) is 4.99 Å². The van der Waals surface area contributed by atoms with Gasteiger partial charge in [0, 0.05) is 12.1 Å². The van der Waals surface area contributed by atoms with E-state index in [-0.39, 0.29) is 5.12 Å². The summed E-state index contributed by atoms with van der Waals surface area (Å²) in [6.45, 7) is 10.5. The normalized spacial score (nSPS) is 17.5. The SMILES string of the molecule is CC(=C1N=C(N(C(C)C)C(C)C)SC1=O)c1ccccc1. The summed E-state index contributed by atoms with van der Waals surface area (Å²) in [6, 6.07) is 10.6. The molecule has 21 heavy (non-hydrogen) atoms. The highest BCUT2D eigenvalue weighted by molar-refractivity contribution is 8.27. The average molecular weight is 302 g/mol. The van der Waals surface area contributed by atoms with Gasteiger partial charge in [0.1, 0.15) is 5.70 Å². The predicted molar refractivity (Wildman–Crippen MR) is 91.2 cm³/mol. The standard InChI is InChI=1S/C17H22N2OS/c1-11(2)19(12(3)4)17-18-15(16(20)21-17)13(5)14-9-7-6-8-10-14/h6-12H,1-5H3. The first kappa shape index (κ1) is 15.8. The van der Waals surface area contributed by atoms with Crippen molar-refractivity contribution >= 4 is 27.6 Å². The predicted octanol–water partition coefficient (Wildman–Crippen LogP) is 4.17. The molecule has 0 bridgehead atoms. The summed E-state index contributed by atoms with van der Waals surface area (Å²) >= 11 is 1.24. The van der Waals surface area contributed by atoms with Crippen LogP contribution in [0.4, 0.5) is 0 Å². The van der Waals surface area contributed by atoms with Crippen molar-refractivity contribution in [3.63, 3.8) is 0 Å². The third kappa shape index (κ3) is 3.38. The molecule has 1 aromatic carbocycles. The first-order valence-corrected chi connectivity index (χ1v) is 8.09. The van der Waals surface area contributed by atoms with Gasteiger partial charge in [-0.25, -0.2) is 4.99 Å². The average Bonchev–Trinajstić information content (AvgIpc) is 2.79. The number of amidine groups is 1. The van der Waals surface area contributed by atoms with Crippen molar-refractivity contribution in [1.29, 1.82) is 0 Å². The van der Waals surface area contributed by atoms with E-state index in [0.717, 1.165) is 16.3 Å². The Morgan fingerprint density at radius 2 is 1.67 bits per heavy atom. The maximum absolute atomic E-state index is 12.3. The Bertz CT molecular complexity index is 580. The van der Waals surface area contributed by atoms with Gasteiger partial charge in [-0.05, 0) is 57.5 Å². The Morgan fingerprint density at radius 3 is 2.19 bits per heavy atom. The molecule has 1 aromatic rings. The molecular formula is C17H22N2OS. The highest BCUT2D eigenvalue weighted by atomic mass is 32.2. The van der Waals surface area contributed by atoms with Crippen molar-refractivity contribution in [3.8, 4) is 0 Å². The van der Waals surface area contributed by atoms with Crippen LogP contribution in [0.3, 0.4) is 0 Å². The molecule has 0 saturated heterocycles. The van der Waals surface area contributed by atoms with Gasteiger partial charge in [-0.15, -0.1) is 0 Å². The highest BCUT2D eigenvalue weighted by Gasteiger charge is 2.30. The third-order valence-corrected chi connectivity index (χ3v) is 4.34. The maximum Gasteiger partial charge on any atom is 0.245 e. The first-order valence-electron chi connectivity index (χ1n) is 7.27. The summed E-state index contributed by atoms with van der Waals surface area (Å²) in [5.74, 6) is 0. The molecule has 0 unspecified atom stereocenters. The lowest BCUT2D eigenvalue weighted by molar-refractivity contribution is -0.107. The number of nitrogens with zero attached hydrogens (tertiary/aromatic N) is 2. The fourth-order valence-corrected chi connectivity index (χ4v) is 3.63. The van der Waals surface area contributed by atoms with Gasteiger partial charge in [-0.1, -0.05) is 30.3 Å². The molecule has 1 aliphatic rings. The van der Waals surface area contributed by atoms with Gasteiger partial charge >= 0.3 is 0 Å². The van der Waals surface area contributed by atoms with Crippen molar-refractivity contribution < 1.29 is 4.79 Å². The zero-order valence-corrected chi connectivity index (χ0v) is 14.1. The quantitative estimate of drug-likeness (QED) is 0.786. The minimum atomic E-state index is 0.0395. The molecule has 0 N–H and O–H groups in total. The number of benzene rings is 1. The van der Waals surface area contributed by atoms with Crippen molar-refractivity contribution in [1.82, 2.24) is 4.90 Å². The van der Waals surface area contributed by atoms with E-state index < -0.39 is 0 Å². The van der Waals surface area contributed by atoms with Gasteiger partial charge in [0.2, 0.25) is 5.12 Å². The van der Waals surface area contributed by atoms with Crippen LogP contribution in [-0.2, 0) is 4.79 Å². The van der Waals surface area contributed by atoms with Crippen LogP contribution in [0.5, 0.6) is 0 Å². The number of carbonyl (C=O) groups is 1. The third-order valence-electron chi connectivity index (χ3n) is 3.48. The number of hydrogen-bond acceptors (Lipinski definition) is 4. The van der Waals surface area contributed by atoms with Gasteiger partial charge in [0.25, 0.3) is 0 Å². The van der Waals surface area contributed by atoms with Crippen LogP contribution in [0.25, 0.3) is 5.57 Å². The lowest BCUT2D eigenvalue weighted by Crippen LogP contribution is -2.40. The smallest absolute Gasteiger partial charge is 0.245 e. The van der Waals surface area contributed by atoms with E-state index >= 15 is 0 Å². The van der Waals surface area contributed by atoms with Crippen LogP contribution >= 0.6 is 11.8 Å². The van der Waals surface area contributed by atoms with Crippen molar-refractivity contribution in [3.05, 3.63) is 41.6 Å². The van der Waals surface area contributed by atoms with E-state index in [0.29, 0.717) is 17.8 Å². The topological polar surface area (TPSA) is 32.7 Å². The summed E-state index contributed by atoms with van der Waals surface area (Å²) in [6.07, 6.45) is 0. The van der Waals surface area contributed by atoms with Gasteiger partial charge in [0.15, 0.2) is 5.17 Å². The summed E-state index contributed by atoms with van der Waals surface area (Å²) in [7, 11) is 0. The maximum atomic E-state index is 12.3. The fourth-order valence-electron chi connectivity index (χ4n) is 2.51. The second-order valence-corrected chi connectivity index (χ2v) is 6.66. The molecule has 0 aromatic heterocycles. The van der Waals surface area contributed by atoms with Crippen LogP contribution in [0.1, 0.15) is 40.2 Å². The zero-order chi connectivity index (χ0) is 15.6. The van der Waals surface area contributed by atoms with Crippen molar-refractivity contribution in [2.75, 3.05) is 0 Å². The van der Waals surface area contributed by atoms with E-state index in [1.54, 1.807) is 0 Å². The van der Waals surface area contributed by atoms with E-state index in [1.165, 1.54) is 11.8 Å². The number of hydrogen-bond donors (Lipinski definition) is 0. The Hall–Kier alpha value is -1.55. The molecule has 1 heterocycles. The second-order valence-electron chi connectivity index (χ2n) is 5.72. The summed E-state index contributed by atoms with van der Waals surface area (Å²) in [5, 5.41) is 0.855. The number of rotatable bonds is 3. The highest BCUT2D eigenvalue weighted by Crippen LogP contribution is 2.32. The summed E-state index contributed by atoms with van der Waals surface area (Å²) in [4.78, 5) is 19.1. The van der Waals surface area contributed by atoms with Crippen LogP contribution in [-0.4, -0.2) is 27.3 Å². The minimum Gasteiger partial charge on any atom is -0.346 e. The fraction of sp³-hybridized carbons (Fsp3) is 0.412. The molecule has 3 nitrogen and oxygen atoms in total. The first-order chi connectivity index (χ1) is 9.91. The largest absolute Gasteiger partial charge is 0.346 e. The monoisotopic (exact) mass is 302 g/mol. The van der Waals surface area contributed by atoms with Gasteiger partial charge in [-0.3, -0.25) is 4.79 Å². The molecule has 0 saturated carbocycles. The molecule has 0 radical (unpaired) electrons. The lowest BCUT2D eigenvalue weighted by Gasteiger charge is -2.31. The molecule has 0 aliphatic carbocycles. The molecule has 0 spiro atoms. The van der Waals surface area contributed by atoms with Crippen LogP contribution in [0.2, 0.25) is 0 Å². The van der Waals surface area contributed by atoms with E-state index in [1.807, 2.05) is 37.3 Å². The van der Waals surface area contributed by atoms with Crippen LogP contribution < -0.4 is 0 Å². The molecular weight excluding hydrogens is 280 g/mol. The Morgan fingerprint density at radius 1 is 1.10 bits per heavy atom. The zero-order valence-electron chi connectivity index (χ0n) is 13.3. The van der Waals surface area contributed by atoms with Crippen LogP contribution in [0, 0.1) is 0 Å². The Balaban J connectivity index is 2.40. The molecule has 0 atom stereocenters. The molecule has 0 amide bonds. The van der Waals surface area contributed by atoms with E-state index in [4.69, 9.17) is 0 Å². The van der Waals surface area contributed by atoms with Gasteiger partial charge in [0.05, 0.1) is 0 Å². The van der Waals surface area contributed by atoms with Gasteiger partial charge < -0.3 is 4.90 Å². The second kappa shape index (κ2) is 6.48. The lowest BCUT2D eigenvalue weighted by atomic mass is 10.1. The van der Waals surface area contributed by atoms with Gasteiger partial charge in [-0.2, -0.15) is 0 Å². The van der Waals surface area contributed by atoms with Crippen molar-refractivity contribution in [2.45, 2.75) is 46.7 Å². The summed E-state index contributed by atoms with van der Waals surface area (Å²) in [5.41, 5.74) is 2.56. The summed E-state index contributed by atoms with van der Waals surface area (Å²) < 4.78 is 0. The molecule has 112 valence electrons. The molecule has 0 fully saturated rings. The number of carbonyl (C=O) groups excluding carboxylic acids is 1. The Labute approximate surface area is 131 Å². The minimum absolute atomic E-state index is 0.0395. The van der Waals surface area contributed by atoms with E-state index in [9.17, 15) is 4.79 Å². The molecule has 4 heteroatoms. The molecule has 2 rings (SSSR count). The van der Waals surface area contributed by atoms with Crippen LogP contribution in [0.15, 0.2) is 41.0 Å². The number of allylic oxidation sites excluding steroid dienone is 1. The number of thioether (sulfide) groups is 1. The van der Waals surface area contributed by atoms with E-state index in [2.05, 4.69) is 37.6 Å². The Kier molecular flexibility index (Phi) is 4.88.